The summed E-state index contributed by atoms with van der Waals surface area (Å²) in [6.45, 7) is 7.78. The third-order valence-corrected chi connectivity index (χ3v) is 7.44. The summed E-state index contributed by atoms with van der Waals surface area (Å²) >= 11 is 1.56. The number of thiazole rings is 1. The number of nitrogens with zero attached hydrogens (tertiary/aromatic N) is 4. The number of rotatable bonds is 10. The Balaban J connectivity index is 1.53. The number of aliphatic hydroxyl groups excluding tert-OH is 1. The Morgan fingerprint density at radius 2 is 2.05 bits per heavy atom. The standard InChI is InChI=1S/C27H34N6O4S/c1-5-18-10-17-11-21(36-22(17)12-29-18)24-15(2)31-26(30-13-23-28-6-7-38-23)33-25(24)32-19-8-16(14-34)9-20(19)37-27(3,4)35/h6-7,10-12,16,19-20,34-35H,5,8-9,13-14H2,1-4H3,(H2,30,31,32,33)/t16-,19+,20+/m0/s1. The largest absolute Gasteiger partial charge is 0.454 e. The number of aliphatic hydroxyl groups is 2. The van der Waals surface area contributed by atoms with Crippen LogP contribution in [0.25, 0.3) is 22.3 Å². The highest BCUT2D eigenvalue weighted by Crippen LogP contribution is 2.38. The maximum atomic E-state index is 10.4. The average Bonchev–Trinajstić information content (AvgIpc) is 3.61. The van der Waals surface area contributed by atoms with E-state index >= 15 is 0 Å². The molecule has 0 aromatic carbocycles. The van der Waals surface area contributed by atoms with E-state index in [2.05, 4.69) is 27.5 Å². The molecule has 3 atom stereocenters. The molecule has 1 saturated carbocycles. The van der Waals surface area contributed by atoms with Gasteiger partial charge in [0.25, 0.3) is 0 Å². The van der Waals surface area contributed by atoms with Crippen LogP contribution in [0.15, 0.2) is 34.3 Å². The smallest absolute Gasteiger partial charge is 0.225 e. The molecule has 4 heterocycles. The van der Waals surface area contributed by atoms with Crippen LogP contribution >= 0.6 is 11.3 Å². The van der Waals surface area contributed by atoms with Crippen molar-refractivity contribution in [3.63, 3.8) is 0 Å². The van der Waals surface area contributed by atoms with Gasteiger partial charge in [0.15, 0.2) is 11.4 Å². The van der Waals surface area contributed by atoms with E-state index in [-0.39, 0.29) is 24.7 Å². The molecule has 0 aliphatic heterocycles. The SMILES string of the molecule is CCc1cc2cc(-c3c(C)nc(NCc4nccs4)nc3N[C@@H]3C[C@H](CO)C[C@H]3OC(C)(C)O)oc2cn1. The van der Waals surface area contributed by atoms with E-state index in [1.54, 1.807) is 37.6 Å². The number of ether oxygens (including phenoxy) is 1. The van der Waals surface area contributed by atoms with Gasteiger partial charge in [0.1, 0.15) is 16.6 Å². The Kier molecular flexibility index (Phi) is 7.62. The van der Waals surface area contributed by atoms with E-state index in [9.17, 15) is 10.2 Å². The van der Waals surface area contributed by atoms with Crippen LogP contribution in [0.4, 0.5) is 11.8 Å². The van der Waals surface area contributed by atoms with Crippen LogP contribution in [0.3, 0.4) is 0 Å². The predicted octanol–water partition coefficient (Wildman–Crippen LogP) is 4.52. The lowest BCUT2D eigenvalue weighted by molar-refractivity contribution is -0.205. The Morgan fingerprint density at radius 3 is 2.76 bits per heavy atom. The van der Waals surface area contributed by atoms with E-state index in [0.29, 0.717) is 42.5 Å². The second kappa shape index (κ2) is 10.9. The van der Waals surface area contributed by atoms with Crippen LogP contribution in [0.5, 0.6) is 0 Å². The third-order valence-electron chi connectivity index (χ3n) is 6.66. The zero-order valence-electron chi connectivity index (χ0n) is 22.1. The number of fused-ring (bicyclic) bond motifs is 1. The molecule has 1 fully saturated rings. The molecule has 38 heavy (non-hydrogen) atoms. The summed E-state index contributed by atoms with van der Waals surface area (Å²) in [5.74, 6) is 0.445. The van der Waals surface area contributed by atoms with Crippen molar-refractivity contribution in [1.29, 1.82) is 0 Å². The lowest BCUT2D eigenvalue weighted by Gasteiger charge is -2.29. The number of hydrogen-bond acceptors (Lipinski definition) is 11. The second-order valence-electron chi connectivity index (χ2n) is 10.2. The van der Waals surface area contributed by atoms with Gasteiger partial charge in [0, 0.05) is 29.3 Å². The minimum Gasteiger partial charge on any atom is -0.454 e. The highest BCUT2D eigenvalue weighted by atomic mass is 32.1. The number of anilines is 2. The Labute approximate surface area is 225 Å². The normalized spacial score (nSPS) is 19.8. The minimum absolute atomic E-state index is 0.0521. The van der Waals surface area contributed by atoms with Crippen molar-refractivity contribution >= 4 is 34.1 Å². The molecular formula is C27H34N6O4S. The number of pyridine rings is 1. The molecule has 0 saturated heterocycles. The minimum atomic E-state index is -1.30. The number of aryl methyl sites for hydroxylation is 2. The van der Waals surface area contributed by atoms with Gasteiger partial charge in [-0.25, -0.2) is 9.97 Å². The van der Waals surface area contributed by atoms with Gasteiger partial charge in [-0.05, 0) is 58.1 Å². The average molecular weight is 539 g/mol. The fourth-order valence-corrected chi connectivity index (χ4v) is 5.49. The van der Waals surface area contributed by atoms with E-state index in [4.69, 9.17) is 19.1 Å². The van der Waals surface area contributed by atoms with Crippen molar-refractivity contribution < 1.29 is 19.4 Å². The van der Waals surface area contributed by atoms with Gasteiger partial charge >= 0.3 is 0 Å². The quantitative estimate of drug-likeness (QED) is 0.213. The van der Waals surface area contributed by atoms with E-state index in [1.165, 1.54) is 0 Å². The third kappa shape index (κ3) is 5.96. The zero-order valence-corrected chi connectivity index (χ0v) is 22.9. The summed E-state index contributed by atoms with van der Waals surface area (Å²) in [5, 5.41) is 30.9. The first-order valence-corrected chi connectivity index (χ1v) is 13.8. The maximum Gasteiger partial charge on any atom is 0.225 e. The molecule has 0 bridgehead atoms. The molecule has 0 radical (unpaired) electrons. The molecule has 0 amide bonds. The topological polar surface area (TPSA) is 138 Å². The predicted molar refractivity (Wildman–Crippen MR) is 147 cm³/mol. The highest BCUT2D eigenvalue weighted by Gasteiger charge is 2.38. The summed E-state index contributed by atoms with van der Waals surface area (Å²) in [6.07, 6.45) is 5.34. The molecule has 4 aromatic heterocycles. The van der Waals surface area contributed by atoms with Crippen molar-refractivity contribution in [1.82, 2.24) is 19.9 Å². The molecule has 0 unspecified atom stereocenters. The summed E-state index contributed by atoms with van der Waals surface area (Å²) in [7, 11) is 0. The summed E-state index contributed by atoms with van der Waals surface area (Å²) in [6, 6.07) is 3.84. The molecule has 5 rings (SSSR count). The highest BCUT2D eigenvalue weighted by molar-refractivity contribution is 7.09. The lowest BCUT2D eigenvalue weighted by Crippen LogP contribution is -2.38. The second-order valence-corrected chi connectivity index (χ2v) is 11.2. The van der Waals surface area contributed by atoms with Crippen molar-refractivity contribution in [2.24, 2.45) is 5.92 Å². The van der Waals surface area contributed by atoms with E-state index in [0.717, 1.165) is 33.8 Å². The number of nitrogens with one attached hydrogen (secondary N) is 2. The number of furan rings is 1. The maximum absolute atomic E-state index is 10.4. The lowest BCUT2D eigenvalue weighted by atomic mass is 10.1. The van der Waals surface area contributed by atoms with Crippen LogP contribution in [-0.4, -0.2) is 54.7 Å². The fraction of sp³-hybridized carbons (Fsp3) is 0.481. The van der Waals surface area contributed by atoms with Gasteiger partial charge in [-0.1, -0.05) is 6.92 Å². The van der Waals surface area contributed by atoms with Crippen LogP contribution in [0, 0.1) is 12.8 Å². The van der Waals surface area contributed by atoms with Gasteiger partial charge in [-0.15, -0.1) is 11.3 Å². The first-order valence-electron chi connectivity index (χ1n) is 12.9. The van der Waals surface area contributed by atoms with Crippen molar-refractivity contribution in [3.8, 4) is 11.3 Å². The van der Waals surface area contributed by atoms with Gasteiger partial charge < -0.3 is 30.0 Å². The Morgan fingerprint density at radius 1 is 1.21 bits per heavy atom. The molecule has 4 N–H and O–H groups in total. The first-order chi connectivity index (χ1) is 18.2. The van der Waals surface area contributed by atoms with Crippen LogP contribution in [0.1, 0.15) is 50.0 Å². The van der Waals surface area contributed by atoms with Gasteiger partial charge in [0.05, 0.1) is 36.1 Å². The first kappa shape index (κ1) is 26.5. The van der Waals surface area contributed by atoms with Crippen LogP contribution in [-0.2, 0) is 17.7 Å². The van der Waals surface area contributed by atoms with Crippen molar-refractivity contribution in [2.45, 2.75) is 71.4 Å². The van der Waals surface area contributed by atoms with Crippen LogP contribution < -0.4 is 10.6 Å². The Hall–Kier alpha value is -3.12. The van der Waals surface area contributed by atoms with Gasteiger partial charge in [0.2, 0.25) is 5.95 Å². The fourth-order valence-electron chi connectivity index (χ4n) is 4.93. The molecule has 202 valence electrons. The number of aromatic nitrogens is 4. The summed E-state index contributed by atoms with van der Waals surface area (Å²) in [4.78, 5) is 18.4. The molecule has 1 aliphatic rings. The molecule has 4 aromatic rings. The van der Waals surface area contributed by atoms with Gasteiger partial charge in [-0.2, -0.15) is 4.98 Å². The summed E-state index contributed by atoms with van der Waals surface area (Å²) in [5.41, 5.74) is 3.17. The van der Waals surface area contributed by atoms with Crippen molar-refractivity contribution in [3.05, 3.63) is 46.3 Å². The zero-order chi connectivity index (χ0) is 26.9. The molecule has 11 heteroatoms. The summed E-state index contributed by atoms with van der Waals surface area (Å²) < 4.78 is 12.2. The number of hydrogen-bond donors (Lipinski definition) is 4. The molecule has 1 aliphatic carbocycles. The van der Waals surface area contributed by atoms with Gasteiger partial charge in [-0.3, -0.25) is 4.98 Å². The molecule has 10 nitrogen and oxygen atoms in total. The van der Waals surface area contributed by atoms with E-state index < -0.39 is 5.79 Å². The van der Waals surface area contributed by atoms with Crippen molar-refractivity contribution in [2.75, 3.05) is 17.2 Å². The molecule has 0 spiro atoms. The Bertz CT molecular complexity index is 1380. The van der Waals surface area contributed by atoms with Crippen LogP contribution in [0.2, 0.25) is 0 Å². The van der Waals surface area contributed by atoms with E-state index in [1.807, 2.05) is 24.4 Å². The monoisotopic (exact) mass is 538 g/mol. The molecular weight excluding hydrogens is 504 g/mol.